The zero-order valence-electron chi connectivity index (χ0n) is 14.6. The van der Waals surface area contributed by atoms with Gasteiger partial charge in [0, 0.05) is 31.2 Å². The lowest BCUT2D eigenvalue weighted by atomic mass is 10.0. The molecule has 0 bridgehead atoms. The monoisotopic (exact) mass is 365 g/mol. The van der Waals surface area contributed by atoms with Gasteiger partial charge in [-0.1, -0.05) is 0 Å². The summed E-state index contributed by atoms with van der Waals surface area (Å²) in [5.41, 5.74) is 0.602. The average molecular weight is 365 g/mol. The van der Waals surface area contributed by atoms with Crippen molar-refractivity contribution in [2.75, 3.05) is 6.54 Å². The van der Waals surface area contributed by atoms with Crippen LogP contribution in [0.3, 0.4) is 0 Å². The van der Waals surface area contributed by atoms with Crippen molar-refractivity contribution >= 4 is 27.0 Å². The van der Waals surface area contributed by atoms with Crippen molar-refractivity contribution in [3.05, 3.63) is 18.5 Å². The van der Waals surface area contributed by atoms with Gasteiger partial charge in [-0.2, -0.15) is 9.82 Å². The van der Waals surface area contributed by atoms with Crippen molar-refractivity contribution in [1.82, 2.24) is 24.4 Å². The molecule has 0 unspecified atom stereocenters. The van der Waals surface area contributed by atoms with E-state index in [1.54, 1.807) is 29.7 Å². The van der Waals surface area contributed by atoms with Gasteiger partial charge in [-0.3, -0.25) is 9.48 Å². The summed E-state index contributed by atoms with van der Waals surface area (Å²) in [7, 11) is -2.10. The molecule has 0 aromatic carbocycles. The minimum atomic E-state index is -3.84. The number of pyridine rings is 1. The molecule has 8 nitrogen and oxygen atoms in total. The van der Waals surface area contributed by atoms with Crippen LogP contribution in [0.5, 0.6) is 0 Å². The fourth-order valence-corrected chi connectivity index (χ4v) is 4.37. The maximum atomic E-state index is 12.6. The summed E-state index contributed by atoms with van der Waals surface area (Å²) >= 11 is 0. The van der Waals surface area contributed by atoms with Crippen LogP contribution in [0.4, 0.5) is 0 Å². The Balaban J connectivity index is 1.78. The van der Waals surface area contributed by atoms with Gasteiger partial charge >= 0.3 is 0 Å². The van der Waals surface area contributed by atoms with Crippen LogP contribution in [-0.4, -0.2) is 52.6 Å². The molecule has 3 rings (SSSR count). The maximum absolute atomic E-state index is 12.6. The lowest BCUT2D eigenvalue weighted by molar-refractivity contribution is -0.135. The number of aromatic nitrogens is 3. The predicted octanol–water partition coefficient (Wildman–Crippen LogP) is 1.04. The van der Waals surface area contributed by atoms with Crippen LogP contribution in [0.15, 0.2) is 23.4 Å². The Morgan fingerprint density at radius 2 is 2.12 bits per heavy atom. The van der Waals surface area contributed by atoms with Gasteiger partial charge in [-0.25, -0.2) is 13.4 Å². The Labute approximate surface area is 147 Å². The van der Waals surface area contributed by atoms with Crippen molar-refractivity contribution in [3.8, 4) is 0 Å². The molecule has 2 aromatic rings. The van der Waals surface area contributed by atoms with Crippen molar-refractivity contribution in [3.63, 3.8) is 0 Å². The standard InChI is InChI=1S/C16H23N5O3S/c1-11-6-4-5-7-21(11)16(22)12(2)19-25(23,24)14-8-13-9-18-20(3)15(13)17-10-14/h8-12,19H,4-7H2,1-3H3/t11-,12-/m1/s1. The Hall–Kier alpha value is -2.00. The fraction of sp³-hybridized carbons (Fsp3) is 0.562. The molecule has 1 saturated heterocycles. The van der Waals surface area contributed by atoms with Gasteiger partial charge in [0.2, 0.25) is 15.9 Å². The number of carbonyl (C=O) groups excluding carboxylic acids is 1. The van der Waals surface area contributed by atoms with Gasteiger partial charge in [0.05, 0.1) is 12.2 Å². The molecular weight excluding hydrogens is 342 g/mol. The Morgan fingerprint density at radius 1 is 1.36 bits per heavy atom. The molecule has 0 saturated carbocycles. The van der Waals surface area contributed by atoms with E-state index in [4.69, 9.17) is 0 Å². The zero-order chi connectivity index (χ0) is 18.2. The average Bonchev–Trinajstić information content (AvgIpc) is 2.95. The van der Waals surface area contributed by atoms with Crippen molar-refractivity contribution in [2.24, 2.45) is 7.05 Å². The van der Waals surface area contributed by atoms with Crippen molar-refractivity contribution in [1.29, 1.82) is 0 Å². The van der Waals surface area contributed by atoms with E-state index < -0.39 is 16.1 Å². The van der Waals surface area contributed by atoms with Crippen LogP contribution in [0.1, 0.15) is 33.1 Å². The van der Waals surface area contributed by atoms with Crippen LogP contribution in [-0.2, 0) is 21.9 Å². The molecule has 9 heteroatoms. The van der Waals surface area contributed by atoms with Gasteiger partial charge in [0.1, 0.15) is 4.90 Å². The van der Waals surface area contributed by atoms with E-state index >= 15 is 0 Å². The van der Waals surface area contributed by atoms with Crippen LogP contribution in [0.25, 0.3) is 11.0 Å². The third-order valence-corrected chi connectivity index (χ3v) is 6.15. The molecular formula is C16H23N5O3S. The second kappa shape index (κ2) is 6.72. The third-order valence-electron chi connectivity index (χ3n) is 4.65. The Bertz CT molecular complexity index is 892. The first-order valence-electron chi connectivity index (χ1n) is 8.40. The number of piperidine rings is 1. The summed E-state index contributed by atoms with van der Waals surface area (Å²) in [6.07, 6.45) is 5.85. The number of hydrogen-bond acceptors (Lipinski definition) is 5. The molecule has 136 valence electrons. The van der Waals surface area contributed by atoms with E-state index in [0.29, 0.717) is 17.6 Å². The second-order valence-corrected chi connectivity index (χ2v) is 8.29. The van der Waals surface area contributed by atoms with Crippen molar-refractivity contribution in [2.45, 2.75) is 50.1 Å². The molecule has 2 aromatic heterocycles. The van der Waals surface area contributed by atoms with E-state index in [-0.39, 0.29) is 16.8 Å². The fourth-order valence-electron chi connectivity index (χ4n) is 3.20. The summed E-state index contributed by atoms with van der Waals surface area (Å²) < 4.78 is 29.3. The molecule has 1 aliphatic heterocycles. The maximum Gasteiger partial charge on any atom is 0.242 e. The third kappa shape index (κ3) is 3.52. The molecule has 3 heterocycles. The minimum absolute atomic E-state index is 0.0272. The van der Waals surface area contributed by atoms with E-state index in [0.717, 1.165) is 19.3 Å². The molecule has 0 radical (unpaired) electrons. The lowest BCUT2D eigenvalue weighted by Gasteiger charge is -2.35. The topological polar surface area (TPSA) is 97.2 Å². The van der Waals surface area contributed by atoms with Crippen LogP contribution >= 0.6 is 0 Å². The first kappa shape index (κ1) is 17.8. The summed E-state index contributed by atoms with van der Waals surface area (Å²) in [5, 5.41) is 4.69. The molecule has 0 aliphatic carbocycles. The SMILES string of the molecule is C[C@@H]1CCCCN1C(=O)[C@@H](C)NS(=O)(=O)c1cnc2c(cnn2C)c1. The number of likely N-dealkylation sites (tertiary alicyclic amines) is 1. The van der Waals surface area contributed by atoms with Gasteiger partial charge < -0.3 is 4.90 Å². The van der Waals surface area contributed by atoms with Gasteiger partial charge in [0.15, 0.2) is 5.65 Å². The largest absolute Gasteiger partial charge is 0.339 e. The first-order chi connectivity index (χ1) is 11.8. The second-order valence-electron chi connectivity index (χ2n) is 6.57. The van der Waals surface area contributed by atoms with Crippen molar-refractivity contribution < 1.29 is 13.2 Å². The quantitative estimate of drug-likeness (QED) is 0.873. The highest BCUT2D eigenvalue weighted by Crippen LogP contribution is 2.19. The van der Waals surface area contributed by atoms with E-state index in [9.17, 15) is 13.2 Å². The number of carbonyl (C=O) groups is 1. The van der Waals surface area contributed by atoms with Crippen LogP contribution < -0.4 is 4.72 Å². The van der Waals surface area contributed by atoms with E-state index in [2.05, 4.69) is 14.8 Å². The molecule has 1 N–H and O–H groups in total. The lowest BCUT2D eigenvalue weighted by Crippen LogP contribution is -2.51. The smallest absolute Gasteiger partial charge is 0.242 e. The molecule has 1 amide bonds. The Kier molecular flexibility index (Phi) is 4.79. The number of nitrogens with one attached hydrogen (secondary N) is 1. The number of hydrogen-bond donors (Lipinski definition) is 1. The summed E-state index contributed by atoms with van der Waals surface area (Å²) in [4.78, 5) is 18.5. The van der Waals surface area contributed by atoms with E-state index in [1.807, 2.05) is 6.92 Å². The predicted molar refractivity (Wildman–Crippen MR) is 93.3 cm³/mol. The molecule has 1 fully saturated rings. The van der Waals surface area contributed by atoms with Gasteiger partial charge in [-0.05, 0) is 39.2 Å². The number of amides is 1. The van der Waals surface area contributed by atoms with Gasteiger partial charge in [0.25, 0.3) is 0 Å². The first-order valence-corrected chi connectivity index (χ1v) is 9.88. The summed E-state index contributed by atoms with van der Waals surface area (Å²) in [6.45, 7) is 4.26. The highest BCUT2D eigenvalue weighted by atomic mass is 32.2. The number of aryl methyl sites for hydroxylation is 1. The summed E-state index contributed by atoms with van der Waals surface area (Å²) in [5.74, 6) is -0.189. The van der Waals surface area contributed by atoms with Crippen LogP contribution in [0, 0.1) is 0 Å². The molecule has 25 heavy (non-hydrogen) atoms. The summed E-state index contributed by atoms with van der Waals surface area (Å²) in [6, 6.07) is 0.829. The number of nitrogens with zero attached hydrogens (tertiary/aromatic N) is 4. The molecule has 2 atom stereocenters. The molecule has 1 aliphatic rings. The normalized spacial score (nSPS) is 20.0. The van der Waals surface area contributed by atoms with Crippen LogP contribution in [0.2, 0.25) is 0 Å². The highest BCUT2D eigenvalue weighted by Gasteiger charge is 2.30. The number of rotatable bonds is 4. The number of sulfonamides is 1. The minimum Gasteiger partial charge on any atom is -0.339 e. The van der Waals surface area contributed by atoms with E-state index in [1.165, 1.54) is 12.3 Å². The van der Waals surface area contributed by atoms with Gasteiger partial charge in [-0.15, -0.1) is 0 Å². The molecule has 0 spiro atoms. The zero-order valence-corrected chi connectivity index (χ0v) is 15.5. The highest BCUT2D eigenvalue weighted by molar-refractivity contribution is 7.89. The Morgan fingerprint density at radius 3 is 2.84 bits per heavy atom. The number of fused-ring (bicyclic) bond motifs is 1.